The molecule has 0 bridgehead atoms. The normalized spacial score (nSPS) is 49.0. The van der Waals surface area contributed by atoms with E-state index in [0.717, 1.165) is 48.3 Å². The third-order valence-corrected chi connectivity index (χ3v) is 10.8. The molecule has 4 aliphatic rings. The zero-order chi connectivity index (χ0) is 20.1. The molecule has 160 valence electrons. The maximum atomic E-state index is 10.9. The quantitative estimate of drug-likeness (QED) is 0.542. The third-order valence-electron chi connectivity index (χ3n) is 10.8. The van der Waals surface area contributed by atoms with E-state index in [1.165, 1.54) is 57.8 Å². The smallest absolute Gasteiger partial charge is 0.303 e. The Balaban J connectivity index is 1.51. The number of carboxylic acid groups (broad SMARTS) is 1. The average Bonchev–Trinajstić information content (AvgIpc) is 2.99. The van der Waals surface area contributed by atoms with Gasteiger partial charge in [0.05, 0.1) is 0 Å². The first-order valence-electron chi connectivity index (χ1n) is 12.5. The standard InChI is InChI=1S/C26H44O2/c1-17(8-7-10-23(27)28)20-11-12-21-24-18(2)16-19-9-5-6-14-25(19,3)22(24)13-15-26(20,21)4/h17-22,24H,5-16H2,1-4H3,(H,27,28). The van der Waals surface area contributed by atoms with Gasteiger partial charge in [-0.1, -0.05) is 40.5 Å². The number of carbonyl (C=O) groups is 1. The summed E-state index contributed by atoms with van der Waals surface area (Å²) < 4.78 is 0. The highest BCUT2D eigenvalue weighted by Crippen LogP contribution is 2.69. The van der Waals surface area contributed by atoms with E-state index in [9.17, 15) is 4.79 Å². The van der Waals surface area contributed by atoms with Crippen molar-refractivity contribution in [2.45, 2.75) is 105 Å². The summed E-state index contributed by atoms with van der Waals surface area (Å²) in [6.45, 7) is 10.3. The van der Waals surface area contributed by atoms with Crippen LogP contribution in [-0.4, -0.2) is 11.1 Å². The van der Waals surface area contributed by atoms with Crippen molar-refractivity contribution >= 4 is 5.97 Å². The van der Waals surface area contributed by atoms with Crippen molar-refractivity contribution in [3.8, 4) is 0 Å². The van der Waals surface area contributed by atoms with Crippen LogP contribution in [0.5, 0.6) is 0 Å². The fraction of sp³-hybridized carbons (Fsp3) is 0.962. The van der Waals surface area contributed by atoms with E-state index in [2.05, 4.69) is 27.7 Å². The summed E-state index contributed by atoms with van der Waals surface area (Å²) in [4.78, 5) is 10.9. The molecule has 9 unspecified atom stereocenters. The van der Waals surface area contributed by atoms with E-state index in [1.807, 2.05) is 0 Å². The van der Waals surface area contributed by atoms with Gasteiger partial charge in [-0.2, -0.15) is 0 Å². The Morgan fingerprint density at radius 2 is 1.79 bits per heavy atom. The highest BCUT2D eigenvalue weighted by atomic mass is 16.4. The minimum atomic E-state index is -0.630. The van der Waals surface area contributed by atoms with Gasteiger partial charge in [0.15, 0.2) is 0 Å². The molecule has 0 saturated heterocycles. The van der Waals surface area contributed by atoms with Crippen molar-refractivity contribution in [2.24, 2.45) is 52.3 Å². The van der Waals surface area contributed by atoms with E-state index in [4.69, 9.17) is 5.11 Å². The molecule has 0 aromatic rings. The Morgan fingerprint density at radius 3 is 2.54 bits per heavy atom. The average molecular weight is 389 g/mol. The molecule has 2 nitrogen and oxygen atoms in total. The first-order chi connectivity index (χ1) is 13.3. The Kier molecular flexibility index (Phi) is 5.64. The summed E-state index contributed by atoms with van der Waals surface area (Å²) in [5.74, 6) is 5.62. The molecule has 1 N–H and O–H groups in total. The second-order valence-electron chi connectivity index (χ2n) is 11.9. The lowest BCUT2D eigenvalue weighted by Gasteiger charge is -2.62. The summed E-state index contributed by atoms with van der Waals surface area (Å²) >= 11 is 0. The van der Waals surface area contributed by atoms with Crippen molar-refractivity contribution in [1.29, 1.82) is 0 Å². The maximum Gasteiger partial charge on any atom is 0.303 e. The third kappa shape index (κ3) is 3.25. The summed E-state index contributed by atoms with van der Waals surface area (Å²) in [6, 6.07) is 0. The van der Waals surface area contributed by atoms with Crippen LogP contribution in [0.3, 0.4) is 0 Å². The second-order valence-corrected chi connectivity index (χ2v) is 11.9. The number of hydrogen-bond donors (Lipinski definition) is 1. The van der Waals surface area contributed by atoms with Gasteiger partial charge in [-0.05, 0) is 110 Å². The van der Waals surface area contributed by atoms with Crippen molar-refractivity contribution < 1.29 is 9.90 Å². The molecule has 4 rings (SSSR count). The zero-order valence-corrected chi connectivity index (χ0v) is 18.9. The molecule has 0 radical (unpaired) electrons. The van der Waals surface area contributed by atoms with Gasteiger partial charge in [-0.3, -0.25) is 4.79 Å². The zero-order valence-electron chi connectivity index (χ0n) is 18.9. The van der Waals surface area contributed by atoms with E-state index in [1.54, 1.807) is 0 Å². The molecule has 9 atom stereocenters. The van der Waals surface area contributed by atoms with E-state index in [-0.39, 0.29) is 0 Å². The van der Waals surface area contributed by atoms with Crippen molar-refractivity contribution in [3.05, 3.63) is 0 Å². The lowest BCUT2D eigenvalue weighted by molar-refractivity contribution is -0.138. The highest BCUT2D eigenvalue weighted by molar-refractivity contribution is 5.66. The molecule has 0 aromatic carbocycles. The Labute approximate surface area is 173 Å². The van der Waals surface area contributed by atoms with Crippen molar-refractivity contribution in [1.82, 2.24) is 0 Å². The van der Waals surface area contributed by atoms with Gasteiger partial charge in [0.2, 0.25) is 0 Å². The number of fused-ring (bicyclic) bond motifs is 5. The largest absolute Gasteiger partial charge is 0.481 e. The van der Waals surface area contributed by atoms with Crippen LogP contribution in [0, 0.1) is 52.3 Å². The molecule has 0 spiro atoms. The van der Waals surface area contributed by atoms with Gasteiger partial charge in [0.1, 0.15) is 0 Å². The molecule has 0 aliphatic heterocycles. The summed E-state index contributed by atoms with van der Waals surface area (Å²) in [5, 5.41) is 9.01. The van der Waals surface area contributed by atoms with Crippen LogP contribution in [0.4, 0.5) is 0 Å². The second kappa shape index (κ2) is 7.62. The van der Waals surface area contributed by atoms with Crippen LogP contribution in [0.25, 0.3) is 0 Å². The van der Waals surface area contributed by atoms with Gasteiger partial charge in [-0.15, -0.1) is 0 Å². The minimum absolute atomic E-state index is 0.346. The first kappa shape index (κ1) is 20.7. The number of rotatable bonds is 5. The van der Waals surface area contributed by atoms with Crippen LogP contribution in [0.1, 0.15) is 105 Å². The SMILES string of the molecule is CC1CC2CCCCC2(C)C2CCC3(C)C(C(C)CCCC(=O)O)CCC3C12. The maximum absolute atomic E-state index is 10.9. The fourth-order valence-corrected chi connectivity index (χ4v) is 9.42. The van der Waals surface area contributed by atoms with Crippen LogP contribution < -0.4 is 0 Å². The molecule has 0 amide bonds. The molecule has 0 heterocycles. The molecule has 28 heavy (non-hydrogen) atoms. The Hall–Kier alpha value is -0.530. The van der Waals surface area contributed by atoms with Gasteiger partial charge in [0.25, 0.3) is 0 Å². The van der Waals surface area contributed by atoms with Crippen LogP contribution in [0.15, 0.2) is 0 Å². The molecule has 2 heteroatoms. The first-order valence-corrected chi connectivity index (χ1v) is 12.5. The molecule has 0 aromatic heterocycles. The van der Waals surface area contributed by atoms with Crippen molar-refractivity contribution in [2.75, 3.05) is 0 Å². The number of hydrogen-bond acceptors (Lipinski definition) is 1. The summed E-state index contributed by atoms with van der Waals surface area (Å²) in [5.41, 5.74) is 1.14. The number of aliphatic carboxylic acids is 1. The summed E-state index contributed by atoms with van der Waals surface area (Å²) in [7, 11) is 0. The highest BCUT2D eigenvalue weighted by Gasteiger charge is 2.61. The van der Waals surface area contributed by atoms with Gasteiger partial charge in [-0.25, -0.2) is 0 Å². The van der Waals surface area contributed by atoms with Crippen LogP contribution in [-0.2, 0) is 4.79 Å². The molecule has 4 fully saturated rings. The Morgan fingerprint density at radius 1 is 1.04 bits per heavy atom. The minimum Gasteiger partial charge on any atom is -0.481 e. The predicted octanol–water partition coefficient (Wildman–Crippen LogP) is 7.17. The molecule has 4 aliphatic carbocycles. The van der Waals surface area contributed by atoms with Crippen molar-refractivity contribution in [3.63, 3.8) is 0 Å². The predicted molar refractivity (Wildman–Crippen MR) is 115 cm³/mol. The van der Waals surface area contributed by atoms with E-state index >= 15 is 0 Å². The molecular weight excluding hydrogens is 344 g/mol. The molecule has 4 saturated carbocycles. The Bertz CT molecular complexity index is 585. The van der Waals surface area contributed by atoms with Gasteiger partial charge in [0, 0.05) is 6.42 Å². The van der Waals surface area contributed by atoms with E-state index in [0.29, 0.717) is 23.2 Å². The monoisotopic (exact) mass is 388 g/mol. The lowest BCUT2D eigenvalue weighted by atomic mass is 9.42. The van der Waals surface area contributed by atoms with Crippen LogP contribution >= 0.6 is 0 Å². The van der Waals surface area contributed by atoms with E-state index < -0.39 is 5.97 Å². The summed E-state index contributed by atoms with van der Waals surface area (Å²) in [6.07, 6.45) is 15.5. The number of carboxylic acids is 1. The molecular formula is C26H44O2. The van der Waals surface area contributed by atoms with Gasteiger partial charge >= 0.3 is 5.97 Å². The topological polar surface area (TPSA) is 37.3 Å². The lowest BCUT2D eigenvalue weighted by Crippen LogP contribution is -2.55. The fourth-order valence-electron chi connectivity index (χ4n) is 9.42. The van der Waals surface area contributed by atoms with Gasteiger partial charge < -0.3 is 5.11 Å². The van der Waals surface area contributed by atoms with Crippen LogP contribution in [0.2, 0.25) is 0 Å².